The molecule has 0 spiro atoms. The number of ether oxygens (including phenoxy) is 2. The zero-order valence-corrected chi connectivity index (χ0v) is 18.5. The monoisotopic (exact) mass is 408 g/mol. The van der Waals surface area contributed by atoms with Crippen molar-refractivity contribution < 1.29 is 24.2 Å². The molecule has 1 aliphatic rings. The third-order valence-electron chi connectivity index (χ3n) is 5.54. The van der Waals surface area contributed by atoms with Gasteiger partial charge in [0.2, 0.25) is 0 Å². The number of carboxylic acids is 1. The smallest absolute Gasteiger partial charge is 0.332 e. The van der Waals surface area contributed by atoms with Crippen LogP contribution in [0.15, 0.2) is 24.3 Å². The number of rotatable bonds is 16. The Balaban J connectivity index is 2.60. The maximum atomic E-state index is 12.6. The number of methoxy groups -OCH3 is 1. The van der Waals surface area contributed by atoms with Crippen LogP contribution in [0.5, 0.6) is 0 Å². The Morgan fingerprint density at radius 3 is 2.59 bits per heavy atom. The zero-order chi connectivity index (χ0) is 21.5. The van der Waals surface area contributed by atoms with E-state index in [9.17, 15) is 9.59 Å². The van der Waals surface area contributed by atoms with Gasteiger partial charge < -0.3 is 14.6 Å². The number of unbranched alkanes of at least 4 members (excludes halogenated alkanes) is 4. The summed E-state index contributed by atoms with van der Waals surface area (Å²) in [5.74, 6) is -0.572. The molecule has 1 aliphatic carbocycles. The standard InChI is InChI=1S/C24H40O5/c1-4-6-7-8-9-11-15-20-19(21(25)18-23(20)29-17-5-2)14-12-10-13-16-22(28-3)24(26)27/h10-12,15,19-20,22-23H,4-9,13-14,16-18H2,1-3H3,(H,26,27)/b12-10-,15-11+/t19-,20-,22?,23-/m1/s1. The first-order chi connectivity index (χ1) is 14.0. The lowest BCUT2D eigenvalue weighted by atomic mass is 9.90. The molecule has 0 amide bonds. The molecule has 0 aliphatic heterocycles. The van der Waals surface area contributed by atoms with Crippen LogP contribution in [0.2, 0.25) is 0 Å². The summed E-state index contributed by atoms with van der Waals surface area (Å²) in [6.45, 7) is 4.99. The highest BCUT2D eigenvalue weighted by molar-refractivity contribution is 5.85. The zero-order valence-electron chi connectivity index (χ0n) is 18.5. The maximum absolute atomic E-state index is 12.6. The lowest BCUT2D eigenvalue weighted by molar-refractivity contribution is -0.148. The van der Waals surface area contributed by atoms with Gasteiger partial charge in [0, 0.05) is 32.0 Å². The fourth-order valence-corrected chi connectivity index (χ4v) is 3.84. The first-order valence-electron chi connectivity index (χ1n) is 11.3. The van der Waals surface area contributed by atoms with Gasteiger partial charge in [-0.25, -0.2) is 4.79 Å². The number of carbonyl (C=O) groups excluding carboxylic acids is 1. The average molecular weight is 409 g/mol. The van der Waals surface area contributed by atoms with Gasteiger partial charge in [-0.1, -0.05) is 57.4 Å². The second-order valence-electron chi connectivity index (χ2n) is 7.89. The number of carbonyl (C=O) groups is 2. The van der Waals surface area contributed by atoms with Crippen molar-refractivity contribution in [2.45, 2.75) is 90.3 Å². The minimum absolute atomic E-state index is 0.0161. The van der Waals surface area contributed by atoms with Crippen molar-refractivity contribution in [2.75, 3.05) is 13.7 Å². The van der Waals surface area contributed by atoms with Gasteiger partial charge in [0.05, 0.1) is 6.10 Å². The number of hydrogen-bond acceptors (Lipinski definition) is 4. The second-order valence-corrected chi connectivity index (χ2v) is 7.89. The largest absolute Gasteiger partial charge is 0.479 e. The molecule has 1 rings (SSSR count). The van der Waals surface area contributed by atoms with Gasteiger partial charge in [0.25, 0.3) is 0 Å². The Morgan fingerprint density at radius 1 is 1.14 bits per heavy atom. The molecule has 5 nitrogen and oxygen atoms in total. The number of aliphatic carboxylic acids is 1. The topological polar surface area (TPSA) is 72.8 Å². The summed E-state index contributed by atoms with van der Waals surface area (Å²) in [6, 6.07) is 0. The molecule has 1 fully saturated rings. The summed E-state index contributed by atoms with van der Waals surface area (Å²) in [6.07, 6.45) is 16.8. The Labute approximate surface area is 176 Å². The summed E-state index contributed by atoms with van der Waals surface area (Å²) < 4.78 is 10.9. The predicted octanol–water partition coefficient (Wildman–Crippen LogP) is 5.34. The van der Waals surface area contributed by atoms with Crippen molar-refractivity contribution in [1.82, 2.24) is 0 Å². The fraction of sp³-hybridized carbons (Fsp3) is 0.750. The minimum Gasteiger partial charge on any atom is -0.479 e. The van der Waals surface area contributed by atoms with Gasteiger partial charge in [-0.2, -0.15) is 0 Å². The van der Waals surface area contributed by atoms with Crippen molar-refractivity contribution in [2.24, 2.45) is 11.8 Å². The van der Waals surface area contributed by atoms with E-state index in [2.05, 4.69) is 26.0 Å². The Morgan fingerprint density at radius 2 is 1.93 bits per heavy atom. The first kappa shape index (κ1) is 25.6. The number of Topliss-reactive ketones (excluding diaryl/α,β-unsaturated/α-hetero) is 1. The molecule has 1 unspecified atom stereocenters. The van der Waals surface area contributed by atoms with Gasteiger partial charge in [-0.05, 0) is 38.5 Å². The fourth-order valence-electron chi connectivity index (χ4n) is 3.84. The third-order valence-corrected chi connectivity index (χ3v) is 5.54. The molecule has 0 bridgehead atoms. The summed E-state index contributed by atoms with van der Waals surface area (Å²) in [5.41, 5.74) is 0. The maximum Gasteiger partial charge on any atom is 0.332 e. The van der Waals surface area contributed by atoms with Crippen LogP contribution in [0.25, 0.3) is 0 Å². The van der Waals surface area contributed by atoms with Crippen LogP contribution >= 0.6 is 0 Å². The van der Waals surface area contributed by atoms with Crippen LogP contribution in [-0.4, -0.2) is 42.8 Å². The summed E-state index contributed by atoms with van der Waals surface area (Å²) in [5, 5.41) is 9.01. The van der Waals surface area contributed by atoms with Crippen LogP contribution < -0.4 is 0 Å². The molecule has 0 saturated heterocycles. The molecule has 5 heteroatoms. The van der Waals surface area contributed by atoms with Crippen LogP contribution in [0.3, 0.4) is 0 Å². The van der Waals surface area contributed by atoms with Crippen LogP contribution in [0.1, 0.15) is 78.1 Å². The van der Waals surface area contributed by atoms with E-state index in [1.807, 2.05) is 12.2 Å². The molecule has 4 atom stereocenters. The molecule has 0 heterocycles. The van der Waals surface area contributed by atoms with Gasteiger partial charge in [0.1, 0.15) is 5.78 Å². The van der Waals surface area contributed by atoms with E-state index >= 15 is 0 Å². The molecule has 0 aromatic heterocycles. The molecule has 1 saturated carbocycles. The van der Waals surface area contributed by atoms with Gasteiger partial charge in [0.15, 0.2) is 6.10 Å². The summed E-state index contributed by atoms with van der Waals surface area (Å²) in [4.78, 5) is 23.6. The lowest BCUT2D eigenvalue weighted by Crippen LogP contribution is -2.22. The van der Waals surface area contributed by atoms with Crippen LogP contribution in [0, 0.1) is 11.8 Å². The minimum atomic E-state index is -0.938. The highest BCUT2D eigenvalue weighted by Crippen LogP contribution is 2.35. The number of hydrogen-bond donors (Lipinski definition) is 1. The van der Waals surface area contributed by atoms with E-state index in [1.165, 1.54) is 32.8 Å². The SMILES string of the molecule is CCCCCC/C=C/[C@H]1[C@H](OCCC)CC(=O)[C@@H]1C/C=C\CCC(OC)C(=O)O. The Kier molecular flexibility index (Phi) is 13.6. The third kappa shape index (κ3) is 9.72. The van der Waals surface area contributed by atoms with E-state index in [1.54, 1.807) is 0 Å². The quantitative estimate of drug-likeness (QED) is 0.276. The van der Waals surface area contributed by atoms with Crippen molar-refractivity contribution in [3.8, 4) is 0 Å². The van der Waals surface area contributed by atoms with Crippen molar-refractivity contribution >= 4 is 11.8 Å². The lowest BCUT2D eigenvalue weighted by Gasteiger charge is -2.20. The molecule has 0 aromatic carbocycles. The van der Waals surface area contributed by atoms with E-state index in [0.29, 0.717) is 32.3 Å². The molecule has 0 radical (unpaired) electrons. The number of allylic oxidation sites excluding steroid dienone is 3. The van der Waals surface area contributed by atoms with E-state index in [-0.39, 0.29) is 23.7 Å². The van der Waals surface area contributed by atoms with E-state index in [0.717, 1.165) is 12.8 Å². The van der Waals surface area contributed by atoms with Crippen LogP contribution in [-0.2, 0) is 19.1 Å². The highest BCUT2D eigenvalue weighted by atomic mass is 16.5. The Bertz CT molecular complexity index is 525. The average Bonchev–Trinajstić information content (AvgIpc) is 3.00. The summed E-state index contributed by atoms with van der Waals surface area (Å²) >= 11 is 0. The van der Waals surface area contributed by atoms with E-state index < -0.39 is 12.1 Å². The highest BCUT2D eigenvalue weighted by Gasteiger charge is 2.40. The van der Waals surface area contributed by atoms with Crippen LogP contribution in [0.4, 0.5) is 0 Å². The molecule has 166 valence electrons. The van der Waals surface area contributed by atoms with Crippen molar-refractivity contribution in [3.63, 3.8) is 0 Å². The summed E-state index contributed by atoms with van der Waals surface area (Å²) in [7, 11) is 1.41. The predicted molar refractivity (Wildman–Crippen MR) is 116 cm³/mol. The molecule has 0 aromatic rings. The van der Waals surface area contributed by atoms with E-state index in [4.69, 9.17) is 14.6 Å². The molecular formula is C24H40O5. The van der Waals surface area contributed by atoms with Gasteiger partial charge in [-0.3, -0.25) is 4.79 Å². The molecule has 29 heavy (non-hydrogen) atoms. The second kappa shape index (κ2) is 15.4. The van der Waals surface area contributed by atoms with Crippen molar-refractivity contribution in [3.05, 3.63) is 24.3 Å². The molecule has 1 N–H and O–H groups in total. The first-order valence-corrected chi connectivity index (χ1v) is 11.3. The van der Waals surface area contributed by atoms with Gasteiger partial charge in [-0.15, -0.1) is 0 Å². The number of ketones is 1. The normalized spacial score (nSPS) is 23.4. The van der Waals surface area contributed by atoms with Gasteiger partial charge >= 0.3 is 5.97 Å². The van der Waals surface area contributed by atoms with Crippen molar-refractivity contribution in [1.29, 1.82) is 0 Å². The number of carboxylic acid groups (broad SMARTS) is 1. The molecular weight excluding hydrogens is 368 g/mol. The Hall–Kier alpha value is -1.46.